The van der Waals surface area contributed by atoms with Crippen molar-refractivity contribution >= 4 is 35.6 Å². The Kier molecular flexibility index (Phi) is 11.4. The molecule has 0 saturated carbocycles. The summed E-state index contributed by atoms with van der Waals surface area (Å²) >= 11 is 0. The minimum atomic E-state index is -2.34. The first-order chi connectivity index (χ1) is 28.7. The number of hydrogen-bond donors (Lipinski definition) is 1. The van der Waals surface area contributed by atoms with Gasteiger partial charge in [0.1, 0.15) is 38.0 Å². The summed E-state index contributed by atoms with van der Waals surface area (Å²) in [5.74, 6) is 0.711. The lowest BCUT2D eigenvalue weighted by atomic mass is 9.92. The molecule has 0 unspecified atom stereocenters. The minimum absolute atomic E-state index is 0.0361. The van der Waals surface area contributed by atoms with Crippen molar-refractivity contribution in [1.29, 1.82) is 0 Å². The second kappa shape index (κ2) is 16.3. The molecule has 0 bridgehead atoms. The van der Waals surface area contributed by atoms with Gasteiger partial charge >= 0.3 is 6.01 Å². The third-order valence-electron chi connectivity index (χ3n) is 13.5. The van der Waals surface area contributed by atoms with Gasteiger partial charge in [-0.05, 0) is 65.5 Å². The summed E-state index contributed by atoms with van der Waals surface area (Å²) < 4.78 is 80.4. The monoisotopic (exact) mass is 841 g/mol. The standard InChI is InChI=1S/C46H55F4N7O2Si/c1-27(2)60(28(3)4,29(5)6)20-15-34-36(48)14-13-30-11-8-12-35(37(30)34)38-40(49)42-39(43(58-7)41(38)50)44(55-17-10-19-57-33(25-55)21-32(23-51)54-57)53-45(52-42)59-26-46-16-9-18-56(46)24-31(47)22-46/h8,11-14,21,27-29,31H,9-10,16-19,22-26,51H2,1-7H3/t31-,46+/m1/s1. The fraction of sp³-hybridized carbons (Fsp3) is 0.500. The number of anilines is 1. The molecule has 9 nitrogen and oxygen atoms in total. The van der Waals surface area contributed by atoms with Gasteiger partial charge in [0.2, 0.25) is 0 Å². The van der Waals surface area contributed by atoms with Gasteiger partial charge in [-0.2, -0.15) is 15.1 Å². The first-order valence-electron chi connectivity index (χ1n) is 21.3. The lowest BCUT2D eigenvalue weighted by molar-refractivity contribution is 0.107. The summed E-state index contributed by atoms with van der Waals surface area (Å²) in [5, 5.41) is 5.55. The van der Waals surface area contributed by atoms with Gasteiger partial charge in [0.25, 0.3) is 0 Å². The van der Waals surface area contributed by atoms with Crippen LogP contribution in [0.25, 0.3) is 32.8 Å². The van der Waals surface area contributed by atoms with Crippen LogP contribution in [-0.2, 0) is 19.6 Å². The number of ether oxygens (including phenoxy) is 2. The molecule has 0 amide bonds. The lowest BCUT2D eigenvalue weighted by Gasteiger charge is -2.38. The molecule has 0 aliphatic carbocycles. The van der Waals surface area contributed by atoms with Gasteiger partial charge in [0.15, 0.2) is 17.4 Å². The van der Waals surface area contributed by atoms with Crippen molar-refractivity contribution in [1.82, 2.24) is 24.6 Å². The number of nitrogens with two attached hydrogens (primary N) is 1. The van der Waals surface area contributed by atoms with E-state index in [4.69, 9.17) is 20.2 Å². The number of aryl methyl sites for hydroxylation is 1. The summed E-state index contributed by atoms with van der Waals surface area (Å²) in [7, 11) is -1.02. The highest BCUT2D eigenvalue weighted by Crippen LogP contribution is 2.47. The van der Waals surface area contributed by atoms with Crippen LogP contribution < -0.4 is 20.1 Å². The van der Waals surface area contributed by atoms with Gasteiger partial charge in [-0.1, -0.05) is 71.7 Å². The molecule has 0 radical (unpaired) electrons. The molecule has 2 atom stereocenters. The number of alkyl halides is 1. The lowest BCUT2D eigenvalue weighted by Crippen LogP contribution is -2.43. The maximum absolute atomic E-state index is 17.8. The summed E-state index contributed by atoms with van der Waals surface area (Å²) in [4.78, 5) is 13.6. The third kappa shape index (κ3) is 7.00. The van der Waals surface area contributed by atoms with E-state index in [0.717, 1.165) is 30.8 Å². The maximum atomic E-state index is 17.8. The Hall–Kier alpha value is -4.71. The zero-order valence-corrected chi connectivity index (χ0v) is 36.6. The maximum Gasteiger partial charge on any atom is 0.319 e. The van der Waals surface area contributed by atoms with Crippen LogP contribution >= 0.6 is 0 Å². The molecule has 5 heterocycles. The van der Waals surface area contributed by atoms with Crippen LogP contribution in [0.1, 0.15) is 84.2 Å². The fourth-order valence-corrected chi connectivity index (χ4v) is 15.9. The van der Waals surface area contributed by atoms with Crippen molar-refractivity contribution in [3.63, 3.8) is 0 Å². The van der Waals surface area contributed by atoms with Gasteiger partial charge in [-0.3, -0.25) is 9.58 Å². The van der Waals surface area contributed by atoms with E-state index in [9.17, 15) is 4.39 Å². The number of nitrogens with zero attached hydrogens (tertiary/aromatic N) is 6. The molecule has 3 aliphatic heterocycles. The highest BCUT2D eigenvalue weighted by Gasteiger charge is 2.49. The molecule has 2 fully saturated rings. The molecule has 318 valence electrons. The Balaban J connectivity index is 1.35. The number of aromatic nitrogens is 4. The van der Waals surface area contributed by atoms with Crippen LogP contribution in [0.15, 0.2) is 36.4 Å². The molecule has 2 aromatic heterocycles. The van der Waals surface area contributed by atoms with Crippen LogP contribution in [0.5, 0.6) is 11.8 Å². The zero-order chi connectivity index (χ0) is 42.7. The van der Waals surface area contributed by atoms with E-state index >= 15 is 13.2 Å². The minimum Gasteiger partial charge on any atom is -0.493 e. The van der Waals surface area contributed by atoms with E-state index in [2.05, 4.69) is 68.0 Å². The van der Waals surface area contributed by atoms with E-state index in [-0.39, 0.29) is 69.4 Å². The van der Waals surface area contributed by atoms with Gasteiger partial charge in [-0.15, -0.1) is 5.54 Å². The molecule has 2 saturated heterocycles. The number of rotatable bonds is 10. The molecular formula is C46H55F4N7O2Si. The van der Waals surface area contributed by atoms with Crippen LogP contribution in [0.2, 0.25) is 16.6 Å². The first-order valence-corrected chi connectivity index (χ1v) is 23.5. The number of methoxy groups -OCH3 is 1. The molecule has 3 aromatic carbocycles. The summed E-state index contributed by atoms with van der Waals surface area (Å²) in [5.41, 5.74) is 11.0. The second-order valence-corrected chi connectivity index (χ2v) is 23.3. The highest BCUT2D eigenvalue weighted by molar-refractivity contribution is 6.90. The van der Waals surface area contributed by atoms with Crippen molar-refractivity contribution < 1.29 is 27.0 Å². The third-order valence-corrected chi connectivity index (χ3v) is 19.8. The van der Waals surface area contributed by atoms with Crippen LogP contribution in [0.3, 0.4) is 0 Å². The van der Waals surface area contributed by atoms with Crippen molar-refractivity contribution in [2.45, 2.75) is 115 Å². The summed E-state index contributed by atoms with van der Waals surface area (Å²) in [6.45, 7) is 15.9. The second-order valence-electron chi connectivity index (χ2n) is 17.8. The van der Waals surface area contributed by atoms with Crippen LogP contribution in [-0.4, -0.2) is 77.8 Å². The zero-order valence-electron chi connectivity index (χ0n) is 35.6. The molecule has 8 rings (SSSR count). The topological polar surface area (TPSA) is 94.6 Å². The normalized spacial score (nSPS) is 19.6. The summed E-state index contributed by atoms with van der Waals surface area (Å²) in [6.07, 6.45) is 1.66. The van der Waals surface area contributed by atoms with Crippen LogP contribution in [0, 0.1) is 28.9 Å². The number of benzene rings is 3. The predicted octanol–water partition coefficient (Wildman–Crippen LogP) is 9.47. The van der Waals surface area contributed by atoms with Gasteiger partial charge in [0.05, 0.1) is 47.1 Å². The van der Waals surface area contributed by atoms with Gasteiger partial charge in [0, 0.05) is 38.0 Å². The Labute approximate surface area is 350 Å². The van der Waals surface area contributed by atoms with Gasteiger partial charge < -0.3 is 20.1 Å². The Morgan fingerprint density at radius 1 is 0.950 bits per heavy atom. The average molecular weight is 842 g/mol. The van der Waals surface area contributed by atoms with Crippen molar-refractivity contribution in [3.05, 3.63) is 70.8 Å². The number of fused-ring (bicyclic) bond motifs is 4. The smallest absolute Gasteiger partial charge is 0.319 e. The summed E-state index contributed by atoms with van der Waals surface area (Å²) in [6, 6.07) is 9.84. The Morgan fingerprint density at radius 3 is 2.43 bits per heavy atom. The SMILES string of the molecule is COc1c(F)c(-c2cccc3ccc(F)c(C#C[Si](C(C)C)(C(C)C)C(C)C)c23)c(F)c2nc(OC[C@@]34CCCN3C[C@H](F)C4)nc(N3CCCn4nc(CN)cc4C3)c12. The van der Waals surface area contributed by atoms with Crippen molar-refractivity contribution in [2.75, 3.05) is 38.3 Å². The number of hydrogen-bond acceptors (Lipinski definition) is 8. The molecule has 3 aliphatic rings. The quantitative estimate of drug-likeness (QED) is 0.0845. The van der Waals surface area contributed by atoms with E-state index in [1.165, 1.54) is 13.2 Å². The van der Waals surface area contributed by atoms with E-state index in [1.807, 2.05) is 15.6 Å². The Bertz CT molecular complexity index is 2490. The van der Waals surface area contributed by atoms with E-state index in [0.29, 0.717) is 49.8 Å². The first kappa shape index (κ1) is 42.0. The number of halogens is 4. The van der Waals surface area contributed by atoms with Crippen LogP contribution in [0.4, 0.5) is 23.4 Å². The van der Waals surface area contributed by atoms with Gasteiger partial charge in [-0.25, -0.2) is 17.6 Å². The molecule has 60 heavy (non-hydrogen) atoms. The van der Waals surface area contributed by atoms with Crippen molar-refractivity contribution in [2.24, 2.45) is 5.73 Å². The molecular weight excluding hydrogens is 787 g/mol. The molecule has 2 N–H and O–H groups in total. The average Bonchev–Trinajstić information content (AvgIpc) is 3.84. The predicted molar refractivity (Wildman–Crippen MR) is 231 cm³/mol. The molecule has 5 aromatic rings. The van der Waals surface area contributed by atoms with E-state index < -0.39 is 42.8 Å². The highest BCUT2D eigenvalue weighted by atomic mass is 28.3. The fourth-order valence-electron chi connectivity index (χ4n) is 10.7. The Morgan fingerprint density at radius 2 is 1.72 bits per heavy atom. The van der Waals surface area contributed by atoms with E-state index in [1.54, 1.807) is 24.3 Å². The largest absolute Gasteiger partial charge is 0.493 e. The molecule has 0 spiro atoms. The van der Waals surface area contributed by atoms with Crippen molar-refractivity contribution in [3.8, 4) is 34.4 Å². The molecule has 14 heteroatoms.